The molecule has 1 aliphatic heterocycles. The molecule has 0 radical (unpaired) electrons. The molecule has 0 bridgehead atoms. The van der Waals surface area contributed by atoms with Crippen LogP contribution in [0.2, 0.25) is 0 Å². The predicted octanol–water partition coefficient (Wildman–Crippen LogP) is 2.26. The van der Waals surface area contributed by atoms with Crippen molar-refractivity contribution in [1.82, 2.24) is 15.1 Å². The summed E-state index contributed by atoms with van der Waals surface area (Å²) in [7, 11) is 0. The number of amides is 2. The lowest BCUT2D eigenvalue weighted by Gasteiger charge is -2.34. The summed E-state index contributed by atoms with van der Waals surface area (Å²) in [6, 6.07) is 9.51. The second kappa shape index (κ2) is 10.2. The SMILES string of the molecule is CCOc1ccc(CC(=O)NCCN2CCN(C(=O)c3ccsc3)CC2)cc1. The van der Waals surface area contributed by atoms with Gasteiger partial charge in [-0.2, -0.15) is 11.3 Å². The first-order valence-corrected chi connectivity index (χ1v) is 10.6. The van der Waals surface area contributed by atoms with Crippen molar-refractivity contribution in [2.75, 3.05) is 45.9 Å². The highest BCUT2D eigenvalue weighted by molar-refractivity contribution is 7.08. The number of rotatable bonds is 8. The van der Waals surface area contributed by atoms with E-state index in [9.17, 15) is 9.59 Å². The van der Waals surface area contributed by atoms with Crippen LogP contribution in [0.15, 0.2) is 41.1 Å². The summed E-state index contributed by atoms with van der Waals surface area (Å²) in [6.45, 7) is 7.14. The number of thiophene rings is 1. The second-order valence-corrected chi connectivity index (χ2v) is 7.53. The number of ether oxygens (including phenoxy) is 1. The molecule has 0 spiro atoms. The third-order valence-electron chi connectivity index (χ3n) is 4.78. The molecule has 1 fully saturated rings. The molecule has 1 aromatic heterocycles. The van der Waals surface area contributed by atoms with Crippen molar-refractivity contribution in [2.24, 2.45) is 0 Å². The predicted molar refractivity (Wildman–Crippen MR) is 111 cm³/mol. The van der Waals surface area contributed by atoms with Gasteiger partial charge < -0.3 is 15.0 Å². The minimum atomic E-state index is 0.0235. The summed E-state index contributed by atoms with van der Waals surface area (Å²) < 4.78 is 5.41. The number of benzene rings is 1. The van der Waals surface area contributed by atoms with Crippen molar-refractivity contribution in [3.63, 3.8) is 0 Å². The molecule has 150 valence electrons. The smallest absolute Gasteiger partial charge is 0.254 e. The maximum atomic E-state index is 12.4. The van der Waals surface area contributed by atoms with E-state index >= 15 is 0 Å². The zero-order valence-corrected chi connectivity index (χ0v) is 17.0. The van der Waals surface area contributed by atoms with Crippen molar-refractivity contribution >= 4 is 23.2 Å². The van der Waals surface area contributed by atoms with E-state index in [2.05, 4.69) is 10.2 Å². The van der Waals surface area contributed by atoms with E-state index in [0.29, 0.717) is 19.6 Å². The number of hydrogen-bond donors (Lipinski definition) is 1. The molecule has 1 N–H and O–H groups in total. The van der Waals surface area contributed by atoms with Crippen LogP contribution in [0.5, 0.6) is 5.75 Å². The summed E-state index contributed by atoms with van der Waals surface area (Å²) in [4.78, 5) is 28.7. The van der Waals surface area contributed by atoms with Crippen LogP contribution in [0.1, 0.15) is 22.8 Å². The minimum Gasteiger partial charge on any atom is -0.494 e. The van der Waals surface area contributed by atoms with Gasteiger partial charge in [-0.05, 0) is 36.1 Å². The highest BCUT2D eigenvalue weighted by atomic mass is 32.1. The van der Waals surface area contributed by atoms with Crippen molar-refractivity contribution in [3.8, 4) is 5.75 Å². The quantitative estimate of drug-likeness (QED) is 0.737. The fourth-order valence-corrected chi connectivity index (χ4v) is 3.84. The van der Waals surface area contributed by atoms with Gasteiger partial charge in [0.25, 0.3) is 5.91 Å². The Bertz CT molecular complexity index is 754. The molecule has 7 heteroatoms. The number of hydrogen-bond acceptors (Lipinski definition) is 5. The number of carbonyl (C=O) groups excluding carboxylic acids is 2. The summed E-state index contributed by atoms with van der Waals surface area (Å²) in [6.07, 6.45) is 0.370. The fraction of sp³-hybridized carbons (Fsp3) is 0.429. The Kier molecular flexibility index (Phi) is 7.45. The van der Waals surface area contributed by atoms with Crippen LogP contribution < -0.4 is 10.1 Å². The Hall–Kier alpha value is -2.38. The van der Waals surface area contributed by atoms with Gasteiger partial charge in [0.2, 0.25) is 5.91 Å². The molecule has 0 saturated carbocycles. The van der Waals surface area contributed by atoms with E-state index in [1.165, 1.54) is 0 Å². The highest BCUT2D eigenvalue weighted by Crippen LogP contribution is 2.13. The standard InChI is InChI=1S/C21H27N3O3S/c1-2-27-19-5-3-17(4-6-19)15-20(25)22-8-9-23-10-12-24(13-11-23)21(26)18-7-14-28-16-18/h3-7,14,16H,2,8-13,15H2,1H3,(H,22,25). The van der Waals surface area contributed by atoms with Gasteiger partial charge in [0.15, 0.2) is 0 Å². The average molecular weight is 402 g/mol. The van der Waals surface area contributed by atoms with Crippen LogP contribution in [0.3, 0.4) is 0 Å². The van der Waals surface area contributed by atoms with Crippen molar-refractivity contribution in [1.29, 1.82) is 0 Å². The molecule has 2 heterocycles. The lowest BCUT2D eigenvalue weighted by Crippen LogP contribution is -2.50. The lowest BCUT2D eigenvalue weighted by atomic mass is 10.1. The van der Waals surface area contributed by atoms with Gasteiger partial charge in [0.1, 0.15) is 5.75 Å². The number of nitrogens with zero attached hydrogens (tertiary/aromatic N) is 2. The van der Waals surface area contributed by atoms with E-state index in [1.54, 1.807) is 11.3 Å². The molecule has 0 atom stereocenters. The van der Waals surface area contributed by atoms with Gasteiger partial charge in [-0.25, -0.2) is 0 Å². The molecular formula is C21H27N3O3S. The van der Waals surface area contributed by atoms with E-state index in [4.69, 9.17) is 4.74 Å². The largest absolute Gasteiger partial charge is 0.494 e. The fourth-order valence-electron chi connectivity index (χ4n) is 3.21. The molecule has 2 aromatic rings. The second-order valence-electron chi connectivity index (χ2n) is 6.75. The third kappa shape index (κ3) is 5.81. The minimum absolute atomic E-state index is 0.0235. The molecular weight excluding hydrogens is 374 g/mol. The summed E-state index contributed by atoms with van der Waals surface area (Å²) in [5.41, 5.74) is 1.75. The van der Waals surface area contributed by atoms with Crippen LogP contribution in [-0.4, -0.2) is 67.5 Å². The Morgan fingerprint density at radius 3 is 2.50 bits per heavy atom. The van der Waals surface area contributed by atoms with Gasteiger partial charge in [0, 0.05) is 44.6 Å². The van der Waals surface area contributed by atoms with Crippen LogP contribution in [0.25, 0.3) is 0 Å². The first-order chi connectivity index (χ1) is 13.7. The van der Waals surface area contributed by atoms with Crippen molar-refractivity contribution < 1.29 is 14.3 Å². The Labute approximate surface area is 170 Å². The van der Waals surface area contributed by atoms with Crippen molar-refractivity contribution in [2.45, 2.75) is 13.3 Å². The maximum Gasteiger partial charge on any atom is 0.254 e. The summed E-state index contributed by atoms with van der Waals surface area (Å²) >= 11 is 1.55. The molecule has 3 rings (SSSR count). The Balaban J connectivity index is 1.33. The average Bonchev–Trinajstić information content (AvgIpc) is 3.24. The van der Waals surface area contributed by atoms with Gasteiger partial charge in [-0.15, -0.1) is 0 Å². The number of piperazine rings is 1. The van der Waals surface area contributed by atoms with Gasteiger partial charge in [-0.1, -0.05) is 12.1 Å². The molecule has 0 unspecified atom stereocenters. The number of carbonyl (C=O) groups is 2. The first kappa shape index (κ1) is 20.4. The van der Waals surface area contributed by atoms with E-state index in [-0.39, 0.29) is 11.8 Å². The topological polar surface area (TPSA) is 61.9 Å². The monoisotopic (exact) mass is 401 g/mol. The lowest BCUT2D eigenvalue weighted by molar-refractivity contribution is -0.120. The highest BCUT2D eigenvalue weighted by Gasteiger charge is 2.22. The van der Waals surface area contributed by atoms with Gasteiger partial charge >= 0.3 is 0 Å². The molecule has 28 heavy (non-hydrogen) atoms. The molecule has 2 amide bonds. The number of nitrogens with one attached hydrogen (secondary N) is 1. The van der Waals surface area contributed by atoms with Crippen molar-refractivity contribution in [3.05, 3.63) is 52.2 Å². The van der Waals surface area contributed by atoms with Gasteiger partial charge in [0.05, 0.1) is 18.6 Å². The van der Waals surface area contributed by atoms with Crippen LogP contribution in [0.4, 0.5) is 0 Å². The summed E-state index contributed by atoms with van der Waals surface area (Å²) in [5.74, 6) is 0.961. The molecule has 6 nitrogen and oxygen atoms in total. The normalized spacial score (nSPS) is 14.7. The Morgan fingerprint density at radius 1 is 1.11 bits per heavy atom. The van der Waals surface area contributed by atoms with Crippen LogP contribution in [0, 0.1) is 0 Å². The Morgan fingerprint density at radius 2 is 1.86 bits per heavy atom. The molecule has 1 aromatic carbocycles. The maximum absolute atomic E-state index is 12.4. The van der Waals surface area contributed by atoms with Crippen LogP contribution in [-0.2, 0) is 11.2 Å². The molecule has 0 aliphatic carbocycles. The molecule has 1 saturated heterocycles. The molecule has 1 aliphatic rings. The van der Waals surface area contributed by atoms with E-state index in [0.717, 1.165) is 49.6 Å². The van der Waals surface area contributed by atoms with Crippen LogP contribution >= 0.6 is 11.3 Å². The van der Waals surface area contributed by atoms with E-state index in [1.807, 2.05) is 52.9 Å². The zero-order valence-electron chi connectivity index (χ0n) is 16.2. The summed E-state index contributed by atoms with van der Waals surface area (Å²) in [5, 5.41) is 6.81. The first-order valence-electron chi connectivity index (χ1n) is 9.68. The van der Waals surface area contributed by atoms with Gasteiger partial charge in [-0.3, -0.25) is 14.5 Å². The van der Waals surface area contributed by atoms with E-state index < -0.39 is 0 Å². The zero-order chi connectivity index (χ0) is 19.8. The third-order valence-corrected chi connectivity index (χ3v) is 5.46.